The Morgan fingerprint density at radius 3 is 2.16 bits per heavy atom. The third-order valence-corrected chi connectivity index (χ3v) is 15.0. The predicted octanol–water partition coefficient (Wildman–Crippen LogP) is 6.60. The summed E-state index contributed by atoms with van der Waals surface area (Å²) in [6.07, 6.45) is 3.38. The van der Waals surface area contributed by atoms with Gasteiger partial charge in [0.05, 0.1) is 19.8 Å². The third-order valence-electron chi connectivity index (χ3n) is 4.86. The van der Waals surface area contributed by atoms with Crippen LogP contribution in [-0.2, 0) is 19.4 Å². The standard InChI is InChI=1S/C23H46O5Si3/c1-11-20(2)25-16-17-26-22-15-14-21(19-23(22)24-3)13-12-18-30(7,8)28-31(9,10)27-29(4,5)6/h14-15,19-20H,11-13,16-18H2,1-10H3. The second-order valence-corrected chi connectivity index (χ2v) is 22.9. The molecule has 0 amide bonds. The largest absolute Gasteiger partial charge is 0.493 e. The van der Waals surface area contributed by atoms with Gasteiger partial charge in [-0.2, -0.15) is 0 Å². The van der Waals surface area contributed by atoms with Crippen molar-refractivity contribution in [1.29, 1.82) is 0 Å². The van der Waals surface area contributed by atoms with Crippen LogP contribution in [0.25, 0.3) is 0 Å². The molecule has 0 bridgehead atoms. The average Bonchev–Trinajstić information content (AvgIpc) is 2.62. The van der Waals surface area contributed by atoms with Crippen molar-refractivity contribution in [2.45, 2.75) is 91.1 Å². The molecule has 0 aliphatic heterocycles. The van der Waals surface area contributed by atoms with Crippen LogP contribution in [-0.4, -0.2) is 51.6 Å². The quantitative estimate of drug-likeness (QED) is 0.206. The maximum Gasteiger partial charge on any atom is 0.311 e. The lowest BCUT2D eigenvalue weighted by Gasteiger charge is -2.37. The Hall–Kier alpha value is -0.649. The summed E-state index contributed by atoms with van der Waals surface area (Å²) in [5.74, 6) is 1.55. The molecule has 0 saturated carbocycles. The van der Waals surface area contributed by atoms with Gasteiger partial charge in [0.1, 0.15) is 6.61 Å². The highest BCUT2D eigenvalue weighted by molar-refractivity contribution is 6.87. The lowest BCUT2D eigenvalue weighted by atomic mass is 10.1. The van der Waals surface area contributed by atoms with Crippen molar-refractivity contribution >= 4 is 25.2 Å². The first-order valence-corrected chi connectivity index (χ1v) is 20.9. The van der Waals surface area contributed by atoms with Crippen molar-refractivity contribution in [3.05, 3.63) is 23.8 Å². The smallest absolute Gasteiger partial charge is 0.311 e. The second kappa shape index (κ2) is 12.6. The molecule has 0 aliphatic carbocycles. The Labute approximate surface area is 194 Å². The number of benzene rings is 1. The molecule has 0 fully saturated rings. The third kappa shape index (κ3) is 12.2. The van der Waals surface area contributed by atoms with E-state index in [1.54, 1.807) is 7.11 Å². The molecule has 180 valence electrons. The van der Waals surface area contributed by atoms with Gasteiger partial charge in [0.15, 0.2) is 28.1 Å². The fraction of sp³-hybridized carbons (Fsp3) is 0.739. The van der Waals surface area contributed by atoms with Crippen LogP contribution in [0.15, 0.2) is 18.2 Å². The molecule has 0 saturated heterocycles. The van der Waals surface area contributed by atoms with Gasteiger partial charge in [-0.25, -0.2) is 0 Å². The molecule has 0 aliphatic rings. The summed E-state index contributed by atoms with van der Waals surface area (Å²) in [5, 5.41) is 0. The highest BCUT2D eigenvalue weighted by Gasteiger charge is 2.37. The lowest BCUT2D eigenvalue weighted by Crippen LogP contribution is -2.51. The van der Waals surface area contributed by atoms with Crippen molar-refractivity contribution in [3.8, 4) is 11.5 Å². The lowest BCUT2D eigenvalue weighted by molar-refractivity contribution is 0.0422. The first-order chi connectivity index (χ1) is 14.3. The summed E-state index contributed by atoms with van der Waals surface area (Å²) in [4.78, 5) is 0. The molecule has 1 aromatic rings. The number of rotatable bonds is 15. The molecule has 1 aromatic carbocycles. The molecule has 1 rings (SSSR count). The Morgan fingerprint density at radius 2 is 1.58 bits per heavy atom. The van der Waals surface area contributed by atoms with Crippen LogP contribution < -0.4 is 9.47 Å². The van der Waals surface area contributed by atoms with Gasteiger partial charge in [0, 0.05) is 0 Å². The summed E-state index contributed by atoms with van der Waals surface area (Å²) in [6.45, 7) is 21.0. The zero-order valence-corrected chi connectivity index (χ0v) is 24.6. The highest BCUT2D eigenvalue weighted by atomic mass is 28.5. The topological polar surface area (TPSA) is 46.2 Å². The van der Waals surface area contributed by atoms with E-state index in [9.17, 15) is 0 Å². The van der Waals surface area contributed by atoms with Crippen LogP contribution >= 0.6 is 0 Å². The molecule has 1 unspecified atom stereocenters. The zero-order valence-electron chi connectivity index (χ0n) is 21.6. The van der Waals surface area contributed by atoms with Gasteiger partial charge in [-0.3, -0.25) is 0 Å². The van der Waals surface area contributed by atoms with Gasteiger partial charge in [0.2, 0.25) is 0 Å². The molecule has 0 spiro atoms. The number of methoxy groups -OCH3 is 1. The summed E-state index contributed by atoms with van der Waals surface area (Å²) < 4.78 is 30.1. The maximum absolute atomic E-state index is 6.62. The van der Waals surface area contributed by atoms with Crippen molar-refractivity contribution in [2.24, 2.45) is 0 Å². The van der Waals surface area contributed by atoms with Crippen molar-refractivity contribution in [3.63, 3.8) is 0 Å². The Balaban J connectivity index is 2.56. The minimum absolute atomic E-state index is 0.264. The van der Waals surface area contributed by atoms with Crippen molar-refractivity contribution < 1.29 is 22.4 Å². The summed E-state index contributed by atoms with van der Waals surface area (Å²) >= 11 is 0. The Morgan fingerprint density at radius 1 is 0.903 bits per heavy atom. The first-order valence-electron chi connectivity index (χ1n) is 11.6. The Bertz CT molecular complexity index is 659. The van der Waals surface area contributed by atoms with Crippen LogP contribution in [0, 0.1) is 0 Å². The van der Waals surface area contributed by atoms with E-state index in [4.69, 9.17) is 22.4 Å². The predicted molar refractivity (Wildman–Crippen MR) is 138 cm³/mol. The minimum Gasteiger partial charge on any atom is -0.493 e. The number of hydrogen-bond donors (Lipinski definition) is 0. The molecule has 1 atom stereocenters. The molecule has 0 N–H and O–H groups in total. The van der Waals surface area contributed by atoms with E-state index in [-0.39, 0.29) is 6.10 Å². The summed E-state index contributed by atoms with van der Waals surface area (Å²) in [7, 11) is -3.74. The van der Waals surface area contributed by atoms with Crippen LogP contribution in [0.2, 0.25) is 51.9 Å². The number of aryl methyl sites for hydroxylation is 1. The monoisotopic (exact) mass is 486 g/mol. The van der Waals surface area contributed by atoms with E-state index in [0.29, 0.717) is 13.2 Å². The molecule has 5 nitrogen and oxygen atoms in total. The van der Waals surface area contributed by atoms with E-state index in [1.807, 2.05) is 6.07 Å². The van der Waals surface area contributed by atoms with E-state index in [0.717, 1.165) is 36.8 Å². The number of ether oxygens (including phenoxy) is 3. The second-order valence-electron chi connectivity index (χ2n) is 10.3. The average molecular weight is 487 g/mol. The van der Waals surface area contributed by atoms with E-state index in [1.165, 1.54) is 5.56 Å². The van der Waals surface area contributed by atoms with Crippen molar-refractivity contribution in [1.82, 2.24) is 0 Å². The molecule has 0 aromatic heterocycles. The van der Waals surface area contributed by atoms with E-state index in [2.05, 4.69) is 71.8 Å². The van der Waals surface area contributed by atoms with Gasteiger partial charge in [0.25, 0.3) is 0 Å². The molecule has 0 heterocycles. The van der Waals surface area contributed by atoms with Gasteiger partial charge >= 0.3 is 8.56 Å². The highest BCUT2D eigenvalue weighted by Crippen LogP contribution is 2.30. The first kappa shape index (κ1) is 28.4. The van der Waals surface area contributed by atoms with Crippen LogP contribution in [0.4, 0.5) is 0 Å². The Kier molecular flexibility index (Phi) is 11.5. The maximum atomic E-state index is 6.62. The molecule has 31 heavy (non-hydrogen) atoms. The molecular formula is C23H46O5Si3. The SMILES string of the molecule is CCC(C)OCCOc1ccc(CCC[Si](C)(C)O[Si](C)(C)O[Si](C)(C)C)cc1OC. The molecular weight excluding hydrogens is 441 g/mol. The minimum atomic E-state index is -2.07. The van der Waals surface area contributed by atoms with E-state index >= 15 is 0 Å². The van der Waals surface area contributed by atoms with E-state index < -0.39 is 25.2 Å². The van der Waals surface area contributed by atoms with Gasteiger partial charge < -0.3 is 22.4 Å². The van der Waals surface area contributed by atoms with Crippen LogP contribution in [0.3, 0.4) is 0 Å². The number of hydrogen-bond acceptors (Lipinski definition) is 5. The fourth-order valence-corrected chi connectivity index (χ4v) is 16.9. The van der Waals surface area contributed by atoms with Gasteiger partial charge in [-0.15, -0.1) is 0 Å². The van der Waals surface area contributed by atoms with Gasteiger partial charge in [-0.1, -0.05) is 13.0 Å². The summed E-state index contributed by atoms with van der Waals surface area (Å²) in [6, 6.07) is 7.35. The summed E-state index contributed by atoms with van der Waals surface area (Å²) in [5.41, 5.74) is 1.26. The fourth-order valence-electron chi connectivity index (χ4n) is 3.70. The van der Waals surface area contributed by atoms with Crippen molar-refractivity contribution in [2.75, 3.05) is 20.3 Å². The zero-order chi connectivity index (χ0) is 23.7. The van der Waals surface area contributed by atoms with Gasteiger partial charge in [-0.05, 0) is 95.8 Å². The van der Waals surface area contributed by atoms with Crippen LogP contribution in [0.1, 0.15) is 32.3 Å². The molecule has 8 heteroatoms. The normalized spacial score (nSPS) is 13.9. The molecule has 0 radical (unpaired) electrons. The van der Waals surface area contributed by atoms with Crippen LogP contribution in [0.5, 0.6) is 11.5 Å².